The number of amides is 4. The maximum Gasteiger partial charge on any atom is 0.329 e. The zero-order chi connectivity index (χ0) is 49.8. The normalized spacial score (nSPS) is 20.3. The molecule has 0 saturated carbocycles. The number of nitrogens with one attached hydrogen (secondary N) is 3. The van der Waals surface area contributed by atoms with E-state index in [0.717, 1.165) is 11.1 Å². The number of likely N-dealkylation sites (tertiary alicyclic amines) is 1. The lowest BCUT2D eigenvalue weighted by atomic mass is 9.67. The van der Waals surface area contributed by atoms with Crippen LogP contribution in [0.15, 0.2) is 95.8 Å². The molecule has 0 bridgehead atoms. The van der Waals surface area contributed by atoms with Crippen molar-refractivity contribution in [1.29, 1.82) is 0 Å². The largest absolute Gasteiger partial charge is 0.352 e. The number of aryl methyl sites for hydroxylation is 1. The van der Waals surface area contributed by atoms with Crippen LogP contribution in [0.5, 0.6) is 0 Å². The van der Waals surface area contributed by atoms with Crippen LogP contribution in [0, 0.1) is 23.2 Å². The van der Waals surface area contributed by atoms with E-state index in [-0.39, 0.29) is 72.3 Å². The summed E-state index contributed by atoms with van der Waals surface area (Å²) in [5.74, 6) is 4.75. The van der Waals surface area contributed by atoms with Gasteiger partial charge < -0.3 is 10.6 Å². The minimum atomic E-state index is -3.45. The van der Waals surface area contributed by atoms with E-state index in [1.54, 1.807) is 63.4 Å². The Balaban J connectivity index is 0.985. The number of piperidine rings is 2. The lowest BCUT2D eigenvalue weighted by molar-refractivity contribution is -0.135. The SMILES string of the molecule is CC(C)[C@@H](CS(=O)(=O)C(C)C)N1C[C@@](C)(CC(=O)Nc2ccc(C(=O)NCCCC#Cc3ccc4c(c3)n(C)c(=O)n4C3CCC(=O)NC3=O)cc2)C[C@H](c2cccc(Cl)c2)[C@H]1c1ccc(Cl)cc1. The maximum absolute atomic E-state index is 14.0. The Bertz CT molecular complexity index is 2970. The van der Waals surface area contributed by atoms with Gasteiger partial charge in [-0.25, -0.2) is 13.2 Å². The molecule has 2 fully saturated rings. The van der Waals surface area contributed by atoms with Crippen LogP contribution in [0.25, 0.3) is 11.0 Å². The first-order valence-electron chi connectivity index (χ1n) is 23.4. The number of carbonyl (C=O) groups excluding carboxylic acids is 4. The summed E-state index contributed by atoms with van der Waals surface area (Å²) in [4.78, 5) is 66.7. The molecular weight excluding hydrogens is 936 g/mol. The predicted molar refractivity (Wildman–Crippen MR) is 272 cm³/mol. The zero-order valence-electron chi connectivity index (χ0n) is 39.9. The van der Waals surface area contributed by atoms with E-state index in [4.69, 9.17) is 23.2 Å². The molecule has 2 saturated heterocycles. The Morgan fingerprint density at radius 3 is 2.29 bits per heavy atom. The van der Waals surface area contributed by atoms with Gasteiger partial charge in [0.1, 0.15) is 6.04 Å². The minimum Gasteiger partial charge on any atom is -0.352 e. The fourth-order valence-electron chi connectivity index (χ4n) is 9.77. The molecule has 5 aromatic rings. The molecule has 1 aromatic heterocycles. The second-order valence-electron chi connectivity index (χ2n) is 19.4. The average Bonchev–Trinajstić information content (AvgIpc) is 3.54. The fourth-order valence-corrected chi connectivity index (χ4v) is 11.5. The topological polar surface area (TPSA) is 169 Å². The molecule has 16 heteroatoms. The summed E-state index contributed by atoms with van der Waals surface area (Å²) in [5.41, 5.74) is 3.96. The summed E-state index contributed by atoms with van der Waals surface area (Å²) in [6.07, 6.45) is 2.30. The first kappa shape index (κ1) is 51.1. The number of imidazole rings is 1. The third-order valence-electron chi connectivity index (χ3n) is 13.4. The number of imide groups is 1. The van der Waals surface area contributed by atoms with Crippen LogP contribution >= 0.6 is 23.2 Å². The highest BCUT2D eigenvalue weighted by Crippen LogP contribution is 2.52. The number of hydrogen-bond acceptors (Lipinski definition) is 8. The number of hydrogen-bond donors (Lipinski definition) is 3. The molecule has 69 heavy (non-hydrogen) atoms. The number of unbranched alkanes of at least 4 members (excludes halogenated alkanes) is 1. The van der Waals surface area contributed by atoms with Gasteiger partial charge in [-0.3, -0.25) is 38.5 Å². The second kappa shape index (κ2) is 21.5. The van der Waals surface area contributed by atoms with Crippen LogP contribution in [-0.2, 0) is 31.3 Å². The Morgan fingerprint density at radius 1 is 0.899 bits per heavy atom. The number of rotatable bonds is 15. The van der Waals surface area contributed by atoms with E-state index in [1.165, 1.54) is 9.13 Å². The lowest BCUT2D eigenvalue weighted by Crippen LogP contribution is -2.55. The smallest absolute Gasteiger partial charge is 0.329 e. The van der Waals surface area contributed by atoms with Gasteiger partial charge in [-0.2, -0.15) is 0 Å². The maximum atomic E-state index is 14.0. The van der Waals surface area contributed by atoms with Crippen molar-refractivity contribution in [2.75, 3.05) is 24.2 Å². The second-order valence-corrected chi connectivity index (χ2v) is 22.9. The van der Waals surface area contributed by atoms with Gasteiger partial charge in [0.25, 0.3) is 5.91 Å². The molecule has 5 atom stereocenters. The number of benzene rings is 4. The highest BCUT2D eigenvalue weighted by atomic mass is 35.5. The van der Waals surface area contributed by atoms with Crippen molar-refractivity contribution in [3.05, 3.63) is 134 Å². The summed E-state index contributed by atoms with van der Waals surface area (Å²) < 4.78 is 30.2. The third kappa shape index (κ3) is 12.0. The van der Waals surface area contributed by atoms with E-state index >= 15 is 0 Å². The van der Waals surface area contributed by atoms with Gasteiger partial charge in [-0.05, 0) is 122 Å². The molecule has 1 unspecified atom stereocenters. The first-order chi connectivity index (χ1) is 32.7. The van der Waals surface area contributed by atoms with E-state index < -0.39 is 32.5 Å². The number of nitrogens with zero attached hydrogens (tertiary/aromatic N) is 3. The number of anilines is 1. The van der Waals surface area contributed by atoms with Crippen molar-refractivity contribution in [1.82, 2.24) is 24.7 Å². The molecular formula is C53H60Cl2N6O7S. The molecule has 2 aliphatic rings. The Kier molecular flexibility index (Phi) is 15.9. The van der Waals surface area contributed by atoms with Crippen molar-refractivity contribution >= 4 is 73.4 Å². The number of sulfone groups is 1. The van der Waals surface area contributed by atoms with Crippen LogP contribution in [0.4, 0.5) is 5.69 Å². The van der Waals surface area contributed by atoms with Gasteiger partial charge in [-0.15, -0.1) is 0 Å². The quantitative estimate of drug-likeness (QED) is 0.0533. The van der Waals surface area contributed by atoms with Gasteiger partial charge in [0, 0.05) is 84.3 Å². The van der Waals surface area contributed by atoms with E-state index in [0.29, 0.717) is 70.2 Å². The summed E-state index contributed by atoms with van der Waals surface area (Å²) in [7, 11) is -1.82. The van der Waals surface area contributed by atoms with Crippen molar-refractivity contribution in [2.24, 2.45) is 18.4 Å². The molecule has 4 aromatic carbocycles. The monoisotopic (exact) mass is 994 g/mol. The van der Waals surface area contributed by atoms with Crippen molar-refractivity contribution in [3.63, 3.8) is 0 Å². The molecule has 364 valence electrons. The van der Waals surface area contributed by atoms with Crippen LogP contribution in [0.2, 0.25) is 10.0 Å². The molecule has 0 aliphatic carbocycles. The third-order valence-corrected chi connectivity index (χ3v) is 16.2. The Hall–Kier alpha value is -5.72. The molecule has 3 heterocycles. The van der Waals surface area contributed by atoms with Crippen LogP contribution < -0.4 is 21.6 Å². The van der Waals surface area contributed by atoms with Crippen LogP contribution in [-0.4, -0.2) is 76.2 Å². The van der Waals surface area contributed by atoms with Gasteiger partial charge in [0.2, 0.25) is 17.7 Å². The molecule has 7 rings (SSSR count). The number of aromatic nitrogens is 2. The highest BCUT2D eigenvalue weighted by Gasteiger charge is 2.48. The number of carbonyl (C=O) groups is 4. The fraction of sp³-hybridized carbons (Fsp3) is 0.415. The average molecular weight is 996 g/mol. The number of halogens is 2. The standard InChI is InChI=1S/C53H60Cl2N6O7S/c1-33(2)46(31-69(67,68)34(3)4)60-32-53(5,29-42(38-12-10-13-40(55)28-38)49(60)36-15-19-39(54)20-16-36)30-48(63)57-41-21-17-37(18-22-41)50(64)56-26-9-7-8-11-35-14-23-43-45(27-35)59(6)52(66)61(43)44-24-25-47(62)58-51(44)65/h10,12-23,27-28,33-34,42,44,46,49H,7,9,24-26,29-32H2,1-6H3,(H,56,64)(H,57,63)(H,58,62,65)/t42-,44?,46-,49-,53-/m1/s1. The summed E-state index contributed by atoms with van der Waals surface area (Å²) in [6.45, 7) is 10.5. The summed E-state index contributed by atoms with van der Waals surface area (Å²) >= 11 is 13.0. The molecule has 4 amide bonds. The van der Waals surface area contributed by atoms with Gasteiger partial charge in [0.15, 0.2) is 9.84 Å². The van der Waals surface area contributed by atoms with Gasteiger partial charge in [0.05, 0.1) is 22.0 Å². The number of fused-ring (bicyclic) bond motifs is 1. The molecule has 13 nitrogen and oxygen atoms in total. The van der Waals surface area contributed by atoms with E-state index in [2.05, 4.69) is 53.5 Å². The predicted octanol–water partition coefficient (Wildman–Crippen LogP) is 8.60. The van der Waals surface area contributed by atoms with E-state index in [1.807, 2.05) is 48.5 Å². The first-order valence-corrected chi connectivity index (χ1v) is 25.9. The summed E-state index contributed by atoms with van der Waals surface area (Å²) in [6, 6.07) is 26.2. The molecule has 0 radical (unpaired) electrons. The minimum absolute atomic E-state index is 0.0268. The van der Waals surface area contributed by atoms with E-state index in [9.17, 15) is 32.4 Å². The Labute approximate surface area is 414 Å². The van der Waals surface area contributed by atoms with Crippen molar-refractivity contribution in [3.8, 4) is 11.8 Å². The van der Waals surface area contributed by atoms with Crippen molar-refractivity contribution in [2.45, 2.75) is 102 Å². The molecule has 2 aliphatic heterocycles. The molecule has 0 spiro atoms. The zero-order valence-corrected chi connectivity index (χ0v) is 42.2. The van der Waals surface area contributed by atoms with Crippen LogP contribution in [0.3, 0.4) is 0 Å². The highest BCUT2D eigenvalue weighted by molar-refractivity contribution is 7.92. The van der Waals surface area contributed by atoms with Gasteiger partial charge in [-0.1, -0.05) is 80.1 Å². The summed E-state index contributed by atoms with van der Waals surface area (Å²) in [5, 5.41) is 8.94. The van der Waals surface area contributed by atoms with Crippen LogP contribution in [0.1, 0.15) is 118 Å². The van der Waals surface area contributed by atoms with Crippen molar-refractivity contribution < 1.29 is 27.6 Å². The Morgan fingerprint density at radius 2 is 1.62 bits per heavy atom. The van der Waals surface area contributed by atoms with Gasteiger partial charge >= 0.3 is 5.69 Å². The lowest BCUT2D eigenvalue weighted by Gasteiger charge is -2.53. The molecule has 3 N–H and O–H groups in total.